The Labute approximate surface area is 137 Å². The summed E-state index contributed by atoms with van der Waals surface area (Å²) >= 11 is 3.06. The number of thiazole rings is 1. The summed E-state index contributed by atoms with van der Waals surface area (Å²) in [6.45, 7) is 5.90. The van der Waals surface area contributed by atoms with Gasteiger partial charge in [-0.3, -0.25) is 0 Å². The molecule has 0 aliphatic heterocycles. The number of hydrogen-bond donors (Lipinski definition) is 0. The van der Waals surface area contributed by atoms with Gasteiger partial charge in [-0.2, -0.15) is 11.3 Å². The molecule has 0 aliphatic carbocycles. The quantitative estimate of drug-likeness (QED) is 0.500. The average Bonchev–Trinajstić information content (AvgIpc) is 3.17. The van der Waals surface area contributed by atoms with E-state index in [4.69, 9.17) is 4.74 Å². The second-order valence-corrected chi connectivity index (χ2v) is 6.73. The number of carbonyl (C=O) groups excluding carboxylic acids is 1. The van der Waals surface area contributed by atoms with Crippen LogP contribution in [-0.2, 0) is 0 Å². The Morgan fingerprint density at radius 1 is 1.09 bits per heavy atom. The highest BCUT2D eigenvalue weighted by molar-refractivity contribution is 7.14. The smallest absolute Gasteiger partial charge is 0.363 e. The van der Waals surface area contributed by atoms with Gasteiger partial charge in [-0.1, -0.05) is 12.1 Å². The summed E-state index contributed by atoms with van der Waals surface area (Å²) in [6.07, 6.45) is 0. The standard InChI is InChI=1S/C17H15NO2S2/c1-10-4-5-11(2)15(12(10)3)20-17(19)14-9-22-16(18-14)13-6-7-21-8-13/h4-9H,1-3H3. The molecule has 0 N–H and O–H groups in total. The highest BCUT2D eigenvalue weighted by Crippen LogP contribution is 2.29. The van der Waals surface area contributed by atoms with Crippen molar-refractivity contribution in [3.05, 3.63) is 56.7 Å². The molecule has 0 fully saturated rings. The molecule has 5 heteroatoms. The summed E-state index contributed by atoms with van der Waals surface area (Å²) < 4.78 is 5.58. The van der Waals surface area contributed by atoms with E-state index in [9.17, 15) is 4.79 Å². The summed E-state index contributed by atoms with van der Waals surface area (Å²) in [7, 11) is 0. The van der Waals surface area contributed by atoms with Gasteiger partial charge in [0, 0.05) is 16.3 Å². The molecule has 0 unspecified atom stereocenters. The lowest BCUT2D eigenvalue weighted by Crippen LogP contribution is -2.11. The molecule has 0 aliphatic rings. The number of hydrogen-bond acceptors (Lipinski definition) is 5. The maximum Gasteiger partial charge on any atom is 0.363 e. The SMILES string of the molecule is Cc1ccc(C)c(OC(=O)c2csc(-c3ccsc3)n2)c1C. The fourth-order valence-electron chi connectivity index (χ4n) is 2.11. The first-order valence-electron chi connectivity index (χ1n) is 6.83. The van der Waals surface area contributed by atoms with Gasteiger partial charge < -0.3 is 4.74 Å². The maximum atomic E-state index is 12.3. The molecule has 0 atom stereocenters. The number of nitrogens with zero attached hydrogens (tertiary/aromatic N) is 1. The number of aromatic nitrogens is 1. The first-order valence-corrected chi connectivity index (χ1v) is 8.65. The predicted octanol–water partition coefficient (Wildman–Crippen LogP) is 5.02. The molecule has 0 saturated heterocycles. The first kappa shape index (κ1) is 14.9. The van der Waals surface area contributed by atoms with E-state index in [0.29, 0.717) is 11.4 Å². The van der Waals surface area contributed by atoms with E-state index in [0.717, 1.165) is 27.3 Å². The predicted molar refractivity (Wildman–Crippen MR) is 91.0 cm³/mol. The van der Waals surface area contributed by atoms with Crippen molar-refractivity contribution < 1.29 is 9.53 Å². The number of esters is 1. The van der Waals surface area contributed by atoms with Crippen molar-refractivity contribution in [1.29, 1.82) is 0 Å². The van der Waals surface area contributed by atoms with Crippen molar-refractivity contribution in [3.63, 3.8) is 0 Å². The van der Waals surface area contributed by atoms with Gasteiger partial charge in [0.15, 0.2) is 5.69 Å². The van der Waals surface area contributed by atoms with Gasteiger partial charge in [0.2, 0.25) is 0 Å². The lowest BCUT2D eigenvalue weighted by Gasteiger charge is -2.11. The minimum absolute atomic E-state index is 0.353. The van der Waals surface area contributed by atoms with E-state index in [2.05, 4.69) is 4.98 Å². The fraction of sp³-hybridized carbons (Fsp3) is 0.176. The van der Waals surface area contributed by atoms with Crippen LogP contribution in [0.2, 0.25) is 0 Å². The largest absolute Gasteiger partial charge is 0.421 e. The molecule has 2 aromatic heterocycles. The Morgan fingerprint density at radius 3 is 2.59 bits per heavy atom. The Kier molecular flexibility index (Phi) is 4.09. The molecule has 2 heterocycles. The van der Waals surface area contributed by atoms with E-state index in [1.54, 1.807) is 16.7 Å². The van der Waals surface area contributed by atoms with Crippen LogP contribution in [0.25, 0.3) is 10.6 Å². The highest BCUT2D eigenvalue weighted by atomic mass is 32.1. The minimum Gasteiger partial charge on any atom is -0.421 e. The van der Waals surface area contributed by atoms with E-state index < -0.39 is 5.97 Å². The van der Waals surface area contributed by atoms with Gasteiger partial charge >= 0.3 is 5.97 Å². The van der Waals surface area contributed by atoms with Crippen LogP contribution in [0.5, 0.6) is 5.75 Å². The Bertz CT molecular complexity index is 819. The maximum absolute atomic E-state index is 12.3. The molecular weight excluding hydrogens is 314 g/mol. The summed E-state index contributed by atoms with van der Waals surface area (Å²) in [5, 5.41) is 6.60. The van der Waals surface area contributed by atoms with Crippen LogP contribution in [0, 0.1) is 20.8 Å². The molecule has 3 rings (SSSR count). The molecule has 0 radical (unpaired) electrons. The molecule has 22 heavy (non-hydrogen) atoms. The Hall–Kier alpha value is -1.98. The summed E-state index contributed by atoms with van der Waals surface area (Å²) in [5.41, 5.74) is 4.43. The molecule has 0 bridgehead atoms. The van der Waals surface area contributed by atoms with Crippen LogP contribution < -0.4 is 4.74 Å². The van der Waals surface area contributed by atoms with Gasteiger partial charge in [0.05, 0.1) is 0 Å². The van der Waals surface area contributed by atoms with E-state index in [1.807, 2.05) is 49.7 Å². The monoisotopic (exact) mass is 329 g/mol. The van der Waals surface area contributed by atoms with E-state index in [-0.39, 0.29) is 0 Å². The van der Waals surface area contributed by atoms with Crippen molar-refractivity contribution in [1.82, 2.24) is 4.98 Å². The van der Waals surface area contributed by atoms with Crippen molar-refractivity contribution >= 4 is 28.6 Å². The van der Waals surface area contributed by atoms with Crippen molar-refractivity contribution in [2.75, 3.05) is 0 Å². The van der Waals surface area contributed by atoms with Crippen LogP contribution in [0.3, 0.4) is 0 Å². The van der Waals surface area contributed by atoms with Crippen LogP contribution >= 0.6 is 22.7 Å². The van der Waals surface area contributed by atoms with Gasteiger partial charge in [-0.25, -0.2) is 9.78 Å². The van der Waals surface area contributed by atoms with Gasteiger partial charge in [-0.15, -0.1) is 11.3 Å². The van der Waals surface area contributed by atoms with E-state index >= 15 is 0 Å². The number of ether oxygens (including phenoxy) is 1. The Morgan fingerprint density at radius 2 is 1.86 bits per heavy atom. The zero-order chi connectivity index (χ0) is 15.7. The summed E-state index contributed by atoms with van der Waals surface area (Å²) in [5.74, 6) is 0.226. The zero-order valence-electron chi connectivity index (χ0n) is 12.5. The second kappa shape index (κ2) is 6.02. The average molecular weight is 329 g/mol. The second-order valence-electron chi connectivity index (χ2n) is 5.09. The molecular formula is C17H15NO2S2. The van der Waals surface area contributed by atoms with Crippen molar-refractivity contribution in [3.8, 4) is 16.3 Å². The first-order chi connectivity index (χ1) is 10.6. The molecule has 0 amide bonds. The number of aryl methyl sites for hydroxylation is 2. The fourth-order valence-corrected chi connectivity index (χ4v) is 3.62. The molecule has 112 valence electrons. The minimum atomic E-state index is -0.408. The van der Waals surface area contributed by atoms with E-state index in [1.165, 1.54) is 11.3 Å². The van der Waals surface area contributed by atoms with Gasteiger partial charge in [0.1, 0.15) is 10.8 Å². The highest BCUT2D eigenvalue weighted by Gasteiger charge is 2.17. The molecule has 3 nitrogen and oxygen atoms in total. The lowest BCUT2D eigenvalue weighted by atomic mass is 10.1. The number of thiophene rings is 1. The number of rotatable bonds is 3. The lowest BCUT2D eigenvalue weighted by molar-refractivity contribution is 0.0727. The normalized spacial score (nSPS) is 10.7. The summed E-state index contributed by atoms with van der Waals surface area (Å²) in [6, 6.07) is 5.98. The van der Waals surface area contributed by atoms with Crippen LogP contribution in [0.1, 0.15) is 27.2 Å². The third-order valence-electron chi connectivity index (χ3n) is 3.55. The summed E-state index contributed by atoms with van der Waals surface area (Å²) in [4.78, 5) is 16.7. The topological polar surface area (TPSA) is 39.2 Å². The van der Waals surface area contributed by atoms with Crippen LogP contribution in [0.4, 0.5) is 0 Å². The van der Waals surface area contributed by atoms with Crippen molar-refractivity contribution in [2.45, 2.75) is 20.8 Å². The van der Waals surface area contributed by atoms with Crippen molar-refractivity contribution in [2.24, 2.45) is 0 Å². The molecule has 0 spiro atoms. The number of benzene rings is 1. The van der Waals surface area contributed by atoms with Crippen LogP contribution in [0.15, 0.2) is 34.3 Å². The molecule has 0 saturated carbocycles. The van der Waals surface area contributed by atoms with Gasteiger partial charge in [0.25, 0.3) is 0 Å². The number of carbonyl (C=O) groups is 1. The Balaban J connectivity index is 1.85. The van der Waals surface area contributed by atoms with Gasteiger partial charge in [-0.05, 0) is 48.9 Å². The zero-order valence-corrected chi connectivity index (χ0v) is 14.2. The molecule has 1 aromatic carbocycles. The molecule has 3 aromatic rings. The van der Waals surface area contributed by atoms with Crippen LogP contribution in [-0.4, -0.2) is 11.0 Å². The third-order valence-corrected chi connectivity index (χ3v) is 5.12. The third kappa shape index (κ3) is 2.82.